The van der Waals surface area contributed by atoms with Crippen LogP contribution in [-0.4, -0.2) is 56.2 Å². The van der Waals surface area contributed by atoms with Crippen LogP contribution in [-0.2, 0) is 28.6 Å². The largest absolute Gasteiger partial charge is 0.466 e. The Hall–Kier alpha value is -0.870. The maximum absolute atomic E-state index is 11.4. The summed E-state index contributed by atoms with van der Waals surface area (Å²) in [6.45, 7) is 6.39. The summed E-state index contributed by atoms with van der Waals surface area (Å²) in [7, 11) is -0.593. The third kappa shape index (κ3) is 14.5. The average molecular weight is 371 g/mol. The van der Waals surface area contributed by atoms with Crippen molar-refractivity contribution < 1.29 is 28.6 Å². The van der Waals surface area contributed by atoms with E-state index >= 15 is 0 Å². The van der Waals surface area contributed by atoms with E-state index in [0.29, 0.717) is 57.6 Å². The van der Waals surface area contributed by atoms with Gasteiger partial charge >= 0.3 is 17.9 Å². The van der Waals surface area contributed by atoms with E-state index in [1.165, 1.54) is 0 Å². The smallest absolute Gasteiger partial charge is 0.306 e. The lowest BCUT2D eigenvalue weighted by Crippen LogP contribution is -2.12. The Kier molecular flexibility index (Phi) is 17.0. The van der Waals surface area contributed by atoms with Crippen molar-refractivity contribution in [3.8, 4) is 0 Å². The van der Waals surface area contributed by atoms with Gasteiger partial charge in [-0.25, -0.2) is 0 Å². The lowest BCUT2D eigenvalue weighted by molar-refractivity contribution is -0.143. The van der Waals surface area contributed by atoms with Crippen LogP contribution in [0.3, 0.4) is 0 Å². The SMILES string of the molecule is CCOC(=O)CCP(CCC(=O)OCC)CCC(=O)OCC.Cl. The van der Waals surface area contributed by atoms with E-state index in [1.54, 1.807) is 20.8 Å². The molecule has 0 heterocycles. The molecule has 23 heavy (non-hydrogen) atoms. The molecule has 0 aromatic heterocycles. The van der Waals surface area contributed by atoms with Crippen LogP contribution in [0.5, 0.6) is 0 Å². The molecule has 0 radical (unpaired) electrons. The summed E-state index contributed by atoms with van der Waals surface area (Å²) < 4.78 is 14.7. The Morgan fingerprint density at radius 1 is 0.652 bits per heavy atom. The highest BCUT2D eigenvalue weighted by atomic mass is 35.5. The van der Waals surface area contributed by atoms with Crippen LogP contribution in [0.15, 0.2) is 0 Å². The molecule has 136 valence electrons. The highest BCUT2D eigenvalue weighted by Crippen LogP contribution is 2.38. The second-order valence-corrected chi connectivity index (χ2v) is 7.19. The molecular weight excluding hydrogens is 343 g/mol. The van der Waals surface area contributed by atoms with Gasteiger partial charge in [-0.2, -0.15) is 0 Å². The average Bonchev–Trinajstić information content (AvgIpc) is 2.47. The molecule has 0 fully saturated rings. The molecule has 0 aliphatic heterocycles. The van der Waals surface area contributed by atoms with Crippen molar-refractivity contribution in [1.29, 1.82) is 0 Å². The zero-order chi connectivity index (χ0) is 16.8. The van der Waals surface area contributed by atoms with E-state index in [4.69, 9.17) is 14.2 Å². The summed E-state index contributed by atoms with van der Waals surface area (Å²) in [4.78, 5) is 34.3. The topological polar surface area (TPSA) is 78.9 Å². The van der Waals surface area contributed by atoms with Crippen molar-refractivity contribution in [2.45, 2.75) is 40.0 Å². The van der Waals surface area contributed by atoms with E-state index in [1.807, 2.05) is 0 Å². The molecule has 0 saturated carbocycles. The molecule has 0 aliphatic carbocycles. The van der Waals surface area contributed by atoms with Crippen LogP contribution in [0.1, 0.15) is 40.0 Å². The van der Waals surface area contributed by atoms with Crippen molar-refractivity contribution in [3.63, 3.8) is 0 Å². The molecule has 0 spiro atoms. The highest BCUT2D eigenvalue weighted by Gasteiger charge is 2.16. The molecule has 8 heteroatoms. The first kappa shape index (κ1) is 24.4. The summed E-state index contributed by atoms with van der Waals surface area (Å²) >= 11 is 0. The van der Waals surface area contributed by atoms with Gasteiger partial charge in [0, 0.05) is 19.3 Å². The van der Waals surface area contributed by atoms with Gasteiger partial charge in [0.1, 0.15) is 0 Å². The molecule has 0 atom stereocenters. The van der Waals surface area contributed by atoms with E-state index in [-0.39, 0.29) is 30.3 Å². The van der Waals surface area contributed by atoms with Crippen molar-refractivity contribution >= 4 is 38.2 Å². The van der Waals surface area contributed by atoms with Crippen molar-refractivity contribution in [2.75, 3.05) is 38.3 Å². The number of rotatable bonds is 12. The molecule has 0 amide bonds. The summed E-state index contributed by atoms with van der Waals surface area (Å²) in [5.74, 6) is -0.702. The summed E-state index contributed by atoms with van der Waals surface area (Å²) in [5.41, 5.74) is 0. The molecule has 0 aromatic rings. The van der Waals surface area contributed by atoms with Crippen molar-refractivity contribution in [2.24, 2.45) is 0 Å². The van der Waals surface area contributed by atoms with E-state index in [2.05, 4.69) is 0 Å². The number of carbonyl (C=O) groups is 3. The number of halogens is 1. The predicted molar refractivity (Wildman–Crippen MR) is 92.5 cm³/mol. The van der Waals surface area contributed by atoms with Gasteiger partial charge in [-0.1, -0.05) is 0 Å². The maximum Gasteiger partial charge on any atom is 0.306 e. The Morgan fingerprint density at radius 3 is 1.13 bits per heavy atom. The Morgan fingerprint density at radius 2 is 0.913 bits per heavy atom. The summed E-state index contributed by atoms with van der Waals surface area (Å²) in [6.07, 6.45) is 2.95. The van der Waals surface area contributed by atoms with Crippen LogP contribution >= 0.6 is 20.3 Å². The molecule has 0 bridgehead atoms. The molecular formula is C15H28ClO6P. The van der Waals surface area contributed by atoms with Gasteiger partial charge in [0.05, 0.1) is 19.8 Å². The zero-order valence-electron chi connectivity index (χ0n) is 14.2. The quantitative estimate of drug-likeness (QED) is 0.298. The summed E-state index contributed by atoms with van der Waals surface area (Å²) in [6, 6.07) is 0. The molecule has 0 aliphatic rings. The molecule has 0 unspecified atom stereocenters. The second kappa shape index (κ2) is 16.0. The van der Waals surface area contributed by atoms with Gasteiger partial charge in [0.25, 0.3) is 0 Å². The van der Waals surface area contributed by atoms with Crippen LogP contribution in [0.4, 0.5) is 0 Å². The fourth-order valence-corrected chi connectivity index (χ4v) is 3.95. The molecule has 0 rings (SSSR count). The van der Waals surface area contributed by atoms with Gasteiger partial charge in [0.2, 0.25) is 0 Å². The Bertz CT molecular complexity index is 299. The number of hydrogen-bond acceptors (Lipinski definition) is 6. The Labute approximate surface area is 145 Å². The minimum Gasteiger partial charge on any atom is -0.466 e. The van der Waals surface area contributed by atoms with Gasteiger partial charge < -0.3 is 14.2 Å². The normalized spacial score (nSPS) is 9.91. The first-order valence-electron chi connectivity index (χ1n) is 7.72. The first-order chi connectivity index (χ1) is 10.5. The molecule has 0 saturated heterocycles. The van der Waals surface area contributed by atoms with Gasteiger partial charge in [-0.3, -0.25) is 14.4 Å². The van der Waals surface area contributed by atoms with Gasteiger partial charge in [0.15, 0.2) is 0 Å². The molecule has 0 N–H and O–H groups in total. The minimum atomic E-state index is -0.593. The fourth-order valence-electron chi connectivity index (χ4n) is 1.78. The van der Waals surface area contributed by atoms with Gasteiger partial charge in [-0.05, 0) is 39.3 Å². The third-order valence-electron chi connectivity index (χ3n) is 2.81. The summed E-state index contributed by atoms with van der Waals surface area (Å²) in [5, 5.41) is 0. The Balaban J connectivity index is 0. The fraction of sp³-hybridized carbons (Fsp3) is 0.800. The molecule has 6 nitrogen and oxygen atoms in total. The highest BCUT2D eigenvalue weighted by molar-refractivity contribution is 7.57. The second-order valence-electron chi connectivity index (χ2n) is 4.51. The molecule has 0 aromatic carbocycles. The maximum atomic E-state index is 11.4. The number of ether oxygens (including phenoxy) is 3. The monoisotopic (exact) mass is 370 g/mol. The van der Waals surface area contributed by atoms with Crippen LogP contribution in [0.2, 0.25) is 0 Å². The van der Waals surface area contributed by atoms with E-state index in [9.17, 15) is 14.4 Å². The predicted octanol–water partition coefficient (Wildman–Crippen LogP) is 2.75. The van der Waals surface area contributed by atoms with Crippen LogP contribution < -0.4 is 0 Å². The van der Waals surface area contributed by atoms with E-state index in [0.717, 1.165) is 0 Å². The van der Waals surface area contributed by atoms with Crippen LogP contribution in [0.25, 0.3) is 0 Å². The number of esters is 3. The first-order valence-corrected chi connectivity index (χ1v) is 9.62. The van der Waals surface area contributed by atoms with Crippen LogP contribution in [0, 0.1) is 0 Å². The van der Waals surface area contributed by atoms with Crippen molar-refractivity contribution in [3.05, 3.63) is 0 Å². The van der Waals surface area contributed by atoms with Crippen molar-refractivity contribution in [1.82, 2.24) is 0 Å². The number of hydrogen-bond donors (Lipinski definition) is 0. The zero-order valence-corrected chi connectivity index (χ0v) is 15.9. The minimum absolute atomic E-state index is 0. The van der Waals surface area contributed by atoms with Gasteiger partial charge in [-0.15, -0.1) is 20.3 Å². The standard InChI is InChI=1S/C15H27O6P.ClH/c1-4-19-13(16)7-10-22(11-8-14(17)20-5-2)12-9-15(18)21-6-3;/h4-12H2,1-3H3;1H. The lowest BCUT2D eigenvalue weighted by Gasteiger charge is -2.16. The van der Waals surface area contributed by atoms with E-state index < -0.39 is 7.92 Å². The third-order valence-corrected chi connectivity index (χ3v) is 5.38. The lowest BCUT2D eigenvalue weighted by atomic mass is 10.5. The number of carbonyl (C=O) groups excluding carboxylic acids is 3.